The predicted molar refractivity (Wildman–Crippen MR) is 126 cm³/mol. The molecule has 6 heteroatoms. The molecule has 1 unspecified atom stereocenters. The molecule has 168 valence electrons. The third-order valence-corrected chi connectivity index (χ3v) is 5.09. The Hall–Kier alpha value is -3.41. The molecule has 0 fully saturated rings. The average molecular weight is 434 g/mol. The molecule has 0 aliphatic heterocycles. The topological polar surface area (TPSA) is 80.3 Å². The van der Waals surface area contributed by atoms with E-state index < -0.39 is 6.04 Å². The zero-order valence-corrected chi connectivity index (χ0v) is 19.1. The van der Waals surface area contributed by atoms with Crippen LogP contribution in [0.25, 0.3) is 10.8 Å². The van der Waals surface area contributed by atoms with Crippen molar-refractivity contribution in [3.8, 4) is 5.88 Å². The molecule has 0 aliphatic rings. The SMILES string of the molecule is CC(C)Oc1ncccc1CNC(=O)C(NC(=O)Cc1ccc2ccccc2c1)C(C)C. The summed E-state index contributed by atoms with van der Waals surface area (Å²) >= 11 is 0. The lowest BCUT2D eigenvalue weighted by atomic mass is 10.0. The number of amides is 2. The van der Waals surface area contributed by atoms with Gasteiger partial charge in [0.1, 0.15) is 6.04 Å². The molecule has 1 atom stereocenters. The number of hydrogen-bond acceptors (Lipinski definition) is 4. The number of nitrogens with one attached hydrogen (secondary N) is 2. The van der Waals surface area contributed by atoms with Gasteiger partial charge in [0.15, 0.2) is 0 Å². The maximum atomic E-state index is 12.9. The number of nitrogens with zero attached hydrogens (tertiary/aromatic N) is 1. The minimum Gasteiger partial charge on any atom is -0.475 e. The van der Waals surface area contributed by atoms with Crippen LogP contribution in [-0.4, -0.2) is 28.9 Å². The van der Waals surface area contributed by atoms with Crippen LogP contribution in [0.2, 0.25) is 0 Å². The monoisotopic (exact) mass is 433 g/mol. The van der Waals surface area contributed by atoms with Crippen LogP contribution in [0.5, 0.6) is 5.88 Å². The molecule has 2 aromatic carbocycles. The minimum absolute atomic E-state index is 0.0165. The van der Waals surface area contributed by atoms with Gasteiger partial charge in [0.2, 0.25) is 17.7 Å². The van der Waals surface area contributed by atoms with Gasteiger partial charge >= 0.3 is 0 Å². The summed E-state index contributed by atoms with van der Waals surface area (Å²) in [6.07, 6.45) is 1.86. The largest absolute Gasteiger partial charge is 0.475 e. The smallest absolute Gasteiger partial charge is 0.243 e. The highest BCUT2D eigenvalue weighted by molar-refractivity contribution is 5.89. The van der Waals surface area contributed by atoms with Gasteiger partial charge in [-0.1, -0.05) is 62.4 Å². The lowest BCUT2D eigenvalue weighted by molar-refractivity contribution is -0.129. The molecule has 1 aromatic heterocycles. The van der Waals surface area contributed by atoms with Crippen molar-refractivity contribution in [2.24, 2.45) is 5.92 Å². The number of hydrogen-bond donors (Lipinski definition) is 2. The summed E-state index contributed by atoms with van der Waals surface area (Å²) in [4.78, 5) is 29.8. The van der Waals surface area contributed by atoms with Gasteiger partial charge in [0.05, 0.1) is 12.5 Å². The first kappa shape index (κ1) is 23.3. The van der Waals surface area contributed by atoms with Gasteiger partial charge in [-0.15, -0.1) is 0 Å². The molecule has 0 radical (unpaired) electrons. The second kappa shape index (κ2) is 10.8. The molecule has 2 N–H and O–H groups in total. The quantitative estimate of drug-likeness (QED) is 0.534. The van der Waals surface area contributed by atoms with E-state index in [2.05, 4.69) is 15.6 Å². The van der Waals surface area contributed by atoms with Gasteiger partial charge in [-0.05, 0) is 42.2 Å². The van der Waals surface area contributed by atoms with Crippen LogP contribution in [0.15, 0.2) is 60.8 Å². The average Bonchev–Trinajstić information content (AvgIpc) is 2.76. The Morgan fingerprint density at radius 3 is 2.44 bits per heavy atom. The van der Waals surface area contributed by atoms with Crippen LogP contribution in [0.4, 0.5) is 0 Å². The number of benzene rings is 2. The molecule has 3 aromatic rings. The first-order valence-electron chi connectivity index (χ1n) is 11.0. The van der Waals surface area contributed by atoms with Gasteiger partial charge in [0.25, 0.3) is 0 Å². The molecule has 0 aliphatic carbocycles. The van der Waals surface area contributed by atoms with E-state index in [1.54, 1.807) is 12.3 Å². The molecule has 0 saturated carbocycles. The van der Waals surface area contributed by atoms with E-state index in [0.29, 0.717) is 5.88 Å². The van der Waals surface area contributed by atoms with Crippen LogP contribution in [0.1, 0.15) is 38.8 Å². The van der Waals surface area contributed by atoms with E-state index >= 15 is 0 Å². The van der Waals surface area contributed by atoms with E-state index in [1.165, 1.54) is 0 Å². The van der Waals surface area contributed by atoms with E-state index in [-0.39, 0.29) is 36.8 Å². The Morgan fingerprint density at radius 1 is 0.969 bits per heavy atom. The van der Waals surface area contributed by atoms with E-state index in [4.69, 9.17) is 4.74 Å². The maximum Gasteiger partial charge on any atom is 0.243 e. The summed E-state index contributed by atoms with van der Waals surface area (Å²) in [6, 6.07) is 17.0. The highest BCUT2D eigenvalue weighted by atomic mass is 16.5. The zero-order chi connectivity index (χ0) is 23.1. The number of aromatic nitrogens is 1. The summed E-state index contributed by atoms with van der Waals surface area (Å²) in [5.41, 5.74) is 1.70. The van der Waals surface area contributed by atoms with Gasteiger partial charge in [-0.2, -0.15) is 0 Å². The Labute approximate surface area is 189 Å². The number of pyridine rings is 1. The fourth-order valence-electron chi connectivity index (χ4n) is 3.47. The molecule has 3 rings (SSSR count). The molecule has 32 heavy (non-hydrogen) atoms. The van der Waals surface area contributed by atoms with Crippen molar-refractivity contribution in [1.29, 1.82) is 0 Å². The van der Waals surface area contributed by atoms with E-state index in [0.717, 1.165) is 21.9 Å². The van der Waals surface area contributed by atoms with Crippen LogP contribution in [0.3, 0.4) is 0 Å². The van der Waals surface area contributed by atoms with Crippen LogP contribution in [-0.2, 0) is 22.6 Å². The summed E-state index contributed by atoms with van der Waals surface area (Å²) in [7, 11) is 0. The fourth-order valence-corrected chi connectivity index (χ4v) is 3.47. The standard InChI is InChI=1S/C26H31N3O3/c1-17(2)24(25(31)28-16-22-10-7-13-27-26(22)32-18(3)4)29-23(30)15-19-11-12-20-8-5-6-9-21(20)14-19/h5-14,17-18,24H,15-16H2,1-4H3,(H,28,31)(H,29,30). The van der Waals surface area contributed by atoms with Gasteiger partial charge in [-0.25, -0.2) is 4.98 Å². The maximum absolute atomic E-state index is 12.9. The van der Waals surface area contributed by atoms with Gasteiger partial charge in [-0.3, -0.25) is 9.59 Å². The fraction of sp³-hybridized carbons (Fsp3) is 0.346. The summed E-state index contributed by atoms with van der Waals surface area (Å²) in [5.74, 6) is 0.0330. The number of carbonyl (C=O) groups excluding carboxylic acids is 2. The summed E-state index contributed by atoms with van der Waals surface area (Å²) in [5, 5.41) is 8.03. The lowest BCUT2D eigenvalue weighted by Crippen LogP contribution is -2.49. The first-order chi connectivity index (χ1) is 15.3. The van der Waals surface area contributed by atoms with Crippen molar-refractivity contribution in [3.63, 3.8) is 0 Å². The molecule has 6 nitrogen and oxygen atoms in total. The zero-order valence-electron chi connectivity index (χ0n) is 19.1. The Morgan fingerprint density at radius 2 is 1.72 bits per heavy atom. The number of carbonyl (C=O) groups is 2. The number of ether oxygens (including phenoxy) is 1. The second-order valence-corrected chi connectivity index (χ2v) is 8.50. The Bertz CT molecular complexity index is 1080. The van der Waals surface area contributed by atoms with Crippen LogP contribution in [0, 0.1) is 5.92 Å². The second-order valence-electron chi connectivity index (χ2n) is 8.50. The normalized spacial score (nSPS) is 12.1. The van der Waals surface area contributed by atoms with Gasteiger partial charge in [0, 0.05) is 18.3 Å². The molecule has 0 bridgehead atoms. The van der Waals surface area contributed by atoms with Crippen LogP contribution < -0.4 is 15.4 Å². The summed E-state index contributed by atoms with van der Waals surface area (Å²) < 4.78 is 5.71. The molecule has 0 saturated heterocycles. The van der Waals surface area contributed by atoms with Crippen molar-refractivity contribution in [2.75, 3.05) is 0 Å². The minimum atomic E-state index is -0.630. The molecule has 0 spiro atoms. The van der Waals surface area contributed by atoms with Crippen molar-refractivity contribution < 1.29 is 14.3 Å². The third-order valence-electron chi connectivity index (χ3n) is 5.09. The Balaban J connectivity index is 1.62. The highest BCUT2D eigenvalue weighted by Crippen LogP contribution is 2.17. The third kappa shape index (κ3) is 6.30. The number of fused-ring (bicyclic) bond motifs is 1. The molecule has 2 amide bonds. The van der Waals surface area contributed by atoms with E-state index in [9.17, 15) is 9.59 Å². The summed E-state index contributed by atoms with van der Waals surface area (Å²) in [6.45, 7) is 7.96. The Kier molecular flexibility index (Phi) is 7.82. The van der Waals surface area contributed by atoms with Crippen LogP contribution >= 0.6 is 0 Å². The van der Waals surface area contributed by atoms with Crippen molar-refractivity contribution >= 4 is 22.6 Å². The molecule has 1 heterocycles. The molecular weight excluding hydrogens is 402 g/mol. The number of rotatable bonds is 9. The first-order valence-corrected chi connectivity index (χ1v) is 11.0. The van der Waals surface area contributed by atoms with Crippen molar-refractivity contribution in [3.05, 3.63) is 71.9 Å². The predicted octanol–water partition coefficient (Wildman–Crippen LogP) is 4.02. The van der Waals surface area contributed by atoms with E-state index in [1.807, 2.05) is 76.2 Å². The van der Waals surface area contributed by atoms with Gasteiger partial charge < -0.3 is 15.4 Å². The highest BCUT2D eigenvalue weighted by Gasteiger charge is 2.24. The van der Waals surface area contributed by atoms with Crippen molar-refractivity contribution in [1.82, 2.24) is 15.6 Å². The molecular formula is C26H31N3O3. The lowest BCUT2D eigenvalue weighted by Gasteiger charge is -2.22. The van der Waals surface area contributed by atoms with Crippen molar-refractivity contribution in [2.45, 2.75) is 52.8 Å².